The zero-order valence-corrected chi connectivity index (χ0v) is 12.2. The van der Waals surface area contributed by atoms with Gasteiger partial charge in [0.25, 0.3) is 0 Å². The third-order valence-electron chi connectivity index (χ3n) is 3.96. The van der Waals surface area contributed by atoms with Gasteiger partial charge in [0.1, 0.15) is 6.54 Å². The molecule has 1 aromatic heterocycles. The monoisotopic (exact) mass is 280 g/mol. The molecule has 6 heteroatoms. The highest BCUT2D eigenvalue weighted by Crippen LogP contribution is 2.38. The summed E-state index contributed by atoms with van der Waals surface area (Å²) in [6.07, 6.45) is 5.54. The van der Waals surface area contributed by atoms with Crippen LogP contribution in [0.3, 0.4) is 0 Å². The van der Waals surface area contributed by atoms with Gasteiger partial charge in [-0.05, 0) is 18.8 Å². The minimum atomic E-state index is -0.480. The molecular weight excluding hydrogens is 256 g/mol. The molecular formula is C14H24N4O2. The fourth-order valence-corrected chi connectivity index (χ4v) is 2.38. The molecule has 1 aliphatic carbocycles. The van der Waals surface area contributed by atoms with E-state index in [1.807, 2.05) is 20.0 Å². The van der Waals surface area contributed by atoms with E-state index >= 15 is 0 Å². The number of aliphatic hydroxyl groups is 1. The third-order valence-corrected chi connectivity index (χ3v) is 3.96. The maximum atomic E-state index is 11.8. The summed E-state index contributed by atoms with van der Waals surface area (Å²) < 4.78 is 1.56. The summed E-state index contributed by atoms with van der Waals surface area (Å²) in [5.74, 6) is 0.647. The predicted molar refractivity (Wildman–Crippen MR) is 75.1 cm³/mol. The number of aliphatic hydroxyl groups excluding tert-OH is 1. The van der Waals surface area contributed by atoms with Gasteiger partial charge in [-0.1, -0.05) is 31.9 Å². The Bertz CT molecular complexity index is 438. The lowest BCUT2D eigenvalue weighted by Crippen LogP contribution is -2.37. The molecule has 1 aliphatic rings. The Morgan fingerprint density at radius 2 is 2.20 bits per heavy atom. The number of hydrogen-bond acceptors (Lipinski definition) is 4. The summed E-state index contributed by atoms with van der Waals surface area (Å²) in [5.41, 5.74) is 0.981. The summed E-state index contributed by atoms with van der Waals surface area (Å²) >= 11 is 0. The molecule has 0 bridgehead atoms. The fourth-order valence-electron chi connectivity index (χ4n) is 2.38. The Kier molecular flexibility index (Phi) is 5.11. The van der Waals surface area contributed by atoms with Crippen LogP contribution in [0.25, 0.3) is 0 Å². The van der Waals surface area contributed by atoms with Gasteiger partial charge in [0.05, 0.1) is 11.8 Å². The van der Waals surface area contributed by atoms with Gasteiger partial charge in [0.2, 0.25) is 5.91 Å². The van der Waals surface area contributed by atoms with Gasteiger partial charge in [-0.15, -0.1) is 5.10 Å². The molecule has 6 nitrogen and oxygen atoms in total. The maximum Gasteiger partial charge on any atom is 0.241 e. The molecule has 1 fully saturated rings. The molecule has 112 valence electrons. The second-order valence-corrected chi connectivity index (χ2v) is 5.56. The zero-order valence-electron chi connectivity index (χ0n) is 12.2. The molecule has 0 spiro atoms. The Labute approximate surface area is 119 Å². The van der Waals surface area contributed by atoms with Crippen LogP contribution < -0.4 is 5.32 Å². The van der Waals surface area contributed by atoms with Gasteiger partial charge >= 0.3 is 0 Å². The summed E-state index contributed by atoms with van der Waals surface area (Å²) in [6, 6.07) is 0. The standard InChI is InChI=1S/C14H24N4O2/c1-3-10(4-2)13(19)7-15-14(20)9-18-8-12(16-17-18)11-5-6-11/h8,10-11,13,19H,3-7,9H2,1-2H3,(H,15,20). The average Bonchev–Trinajstić information content (AvgIpc) is 3.19. The van der Waals surface area contributed by atoms with Gasteiger partial charge < -0.3 is 10.4 Å². The van der Waals surface area contributed by atoms with Crippen molar-refractivity contribution >= 4 is 5.91 Å². The summed E-state index contributed by atoms with van der Waals surface area (Å²) in [4.78, 5) is 11.8. The van der Waals surface area contributed by atoms with Crippen LogP contribution in [-0.4, -0.2) is 38.7 Å². The number of amides is 1. The molecule has 0 aromatic carbocycles. The van der Waals surface area contributed by atoms with Crippen molar-refractivity contribution in [1.29, 1.82) is 0 Å². The van der Waals surface area contributed by atoms with Crippen molar-refractivity contribution in [3.8, 4) is 0 Å². The quantitative estimate of drug-likeness (QED) is 0.746. The smallest absolute Gasteiger partial charge is 0.241 e. The SMILES string of the molecule is CCC(CC)C(O)CNC(=O)Cn1cc(C2CC2)nn1. The Morgan fingerprint density at radius 3 is 2.80 bits per heavy atom. The summed E-state index contributed by atoms with van der Waals surface area (Å²) in [7, 11) is 0. The second-order valence-electron chi connectivity index (χ2n) is 5.56. The summed E-state index contributed by atoms with van der Waals surface area (Å²) in [5, 5.41) is 20.7. The van der Waals surface area contributed by atoms with E-state index in [9.17, 15) is 9.90 Å². The molecule has 0 aliphatic heterocycles. The average molecular weight is 280 g/mol. The van der Waals surface area contributed by atoms with Crippen molar-refractivity contribution in [2.24, 2.45) is 5.92 Å². The number of rotatable bonds is 8. The number of carbonyl (C=O) groups excluding carboxylic acids is 1. The van der Waals surface area contributed by atoms with E-state index in [0.29, 0.717) is 12.5 Å². The van der Waals surface area contributed by atoms with Crippen LogP contribution in [0.15, 0.2) is 6.20 Å². The van der Waals surface area contributed by atoms with Crippen LogP contribution in [0.4, 0.5) is 0 Å². The maximum absolute atomic E-state index is 11.8. The number of aromatic nitrogens is 3. The highest BCUT2D eigenvalue weighted by Gasteiger charge is 2.26. The molecule has 2 N–H and O–H groups in total. The first kappa shape index (κ1) is 15.0. The lowest BCUT2D eigenvalue weighted by atomic mass is 9.96. The third kappa shape index (κ3) is 4.03. The Morgan fingerprint density at radius 1 is 1.50 bits per heavy atom. The normalized spacial score (nSPS) is 16.4. The van der Waals surface area contributed by atoms with E-state index in [0.717, 1.165) is 18.5 Å². The van der Waals surface area contributed by atoms with Crippen LogP contribution in [0.1, 0.15) is 51.1 Å². The first-order chi connectivity index (χ1) is 9.63. The topological polar surface area (TPSA) is 80.0 Å². The van der Waals surface area contributed by atoms with Crippen LogP contribution in [0, 0.1) is 5.92 Å². The fraction of sp³-hybridized carbons (Fsp3) is 0.786. The highest BCUT2D eigenvalue weighted by molar-refractivity contribution is 5.75. The van der Waals surface area contributed by atoms with Crippen molar-refractivity contribution in [2.45, 2.75) is 58.1 Å². The molecule has 1 saturated carbocycles. The number of nitrogens with zero attached hydrogens (tertiary/aromatic N) is 3. The first-order valence-electron chi connectivity index (χ1n) is 7.48. The molecule has 1 amide bonds. The molecule has 20 heavy (non-hydrogen) atoms. The molecule has 2 rings (SSSR count). The molecule has 0 radical (unpaired) electrons. The lowest BCUT2D eigenvalue weighted by molar-refractivity contribution is -0.122. The van der Waals surface area contributed by atoms with E-state index in [4.69, 9.17) is 0 Å². The van der Waals surface area contributed by atoms with Gasteiger partial charge in [0.15, 0.2) is 0 Å². The molecule has 1 unspecified atom stereocenters. The van der Waals surface area contributed by atoms with E-state index in [1.165, 1.54) is 12.8 Å². The van der Waals surface area contributed by atoms with E-state index in [-0.39, 0.29) is 18.4 Å². The van der Waals surface area contributed by atoms with Crippen molar-refractivity contribution in [2.75, 3.05) is 6.54 Å². The van der Waals surface area contributed by atoms with E-state index in [2.05, 4.69) is 15.6 Å². The van der Waals surface area contributed by atoms with Crippen LogP contribution in [-0.2, 0) is 11.3 Å². The second kappa shape index (κ2) is 6.83. The molecule has 0 saturated heterocycles. The summed E-state index contributed by atoms with van der Waals surface area (Å²) in [6.45, 7) is 4.56. The number of nitrogens with one attached hydrogen (secondary N) is 1. The zero-order chi connectivity index (χ0) is 14.5. The van der Waals surface area contributed by atoms with Crippen molar-refractivity contribution in [3.05, 3.63) is 11.9 Å². The number of carbonyl (C=O) groups is 1. The highest BCUT2D eigenvalue weighted by atomic mass is 16.3. The van der Waals surface area contributed by atoms with Gasteiger partial charge in [-0.3, -0.25) is 4.79 Å². The van der Waals surface area contributed by atoms with Crippen LogP contribution in [0.2, 0.25) is 0 Å². The van der Waals surface area contributed by atoms with Gasteiger partial charge in [0, 0.05) is 18.7 Å². The largest absolute Gasteiger partial charge is 0.391 e. The van der Waals surface area contributed by atoms with Crippen molar-refractivity contribution in [3.63, 3.8) is 0 Å². The van der Waals surface area contributed by atoms with Crippen LogP contribution in [0.5, 0.6) is 0 Å². The minimum absolute atomic E-state index is 0.137. The van der Waals surface area contributed by atoms with Crippen LogP contribution >= 0.6 is 0 Å². The van der Waals surface area contributed by atoms with E-state index in [1.54, 1.807) is 4.68 Å². The Hall–Kier alpha value is -1.43. The van der Waals surface area contributed by atoms with E-state index < -0.39 is 6.10 Å². The minimum Gasteiger partial charge on any atom is -0.391 e. The molecule has 1 heterocycles. The first-order valence-corrected chi connectivity index (χ1v) is 7.48. The van der Waals surface area contributed by atoms with Crippen molar-refractivity contribution in [1.82, 2.24) is 20.3 Å². The van der Waals surface area contributed by atoms with Gasteiger partial charge in [-0.2, -0.15) is 0 Å². The molecule has 1 atom stereocenters. The van der Waals surface area contributed by atoms with Crippen molar-refractivity contribution < 1.29 is 9.90 Å². The number of hydrogen-bond donors (Lipinski definition) is 2. The predicted octanol–water partition coefficient (Wildman–Crippen LogP) is 1.07. The molecule has 1 aromatic rings. The Balaban J connectivity index is 1.74. The van der Waals surface area contributed by atoms with Gasteiger partial charge in [-0.25, -0.2) is 4.68 Å². The lowest BCUT2D eigenvalue weighted by Gasteiger charge is -2.20.